The highest BCUT2D eigenvalue weighted by molar-refractivity contribution is 8.03. The fraction of sp³-hybridized carbons (Fsp3) is 0.333. The minimum atomic E-state index is 0.818. The average molecular weight is 205 g/mol. The number of nitrogens with zero attached hydrogens (tertiary/aromatic N) is 1. The molecule has 0 N–H and O–H groups in total. The van der Waals surface area contributed by atoms with Gasteiger partial charge in [-0.3, -0.25) is 4.90 Å². The van der Waals surface area contributed by atoms with E-state index in [1.165, 1.54) is 10.5 Å². The van der Waals surface area contributed by atoms with Crippen molar-refractivity contribution in [2.75, 3.05) is 20.6 Å². The highest BCUT2D eigenvalue weighted by atomic mass is 32.2. The molecule has 0 radical (unpaired) electrons. The SMILES string of the molecule is Cc1ccc(SC#CCN(C)C)cc1. The summed E-state index contributed by atoms with van der Waals surface area (Å²) in [6.07, 6.45) is 0. The van der Waals surface area contributed by atoms with Crippen molar-refractivity contribution in [2.24, 2.45) is 0 Å². The Morgan fingerprint density at radius 2 is 1.86 bits per heavy atom. The third-order valence-electron chi connectivity index (χ3n) is 1.66. The topological polar surface area (TPSA) is 3.24 Å². The lowest BCUT2D eigenvalue weighted by atomic mass is 10.2. The predicted octanol–water partition coefficient (Wildman–Crippen LogP) is 2.61. The first-order chi connectivity index (χ1) is 6.68. The van der Waals surface area contributed by atoms with Crippen LogP contribution in [-0.2, 0) is 0 Å². The minimum Gasteiger partial charge on any atom is -0.298 e. The number of hydrogen-bond donors (Lipinski definition) is 0. The fourth-order valence-electron chi connectivity index (χ4n) is 0.892. The summed E-state index contributed by atoms with van der Waals surface area (Å²) in [5, 5.41) is 3.08. The standard InChI is InChI=1S/C12H15NS/c1-11-5-7-12(8-6-11)14-10-4-9-13(2)3/h5-8H,9H2,1-3H3. The van der Waals surface area contributed by atoms with Crippen LogP contribution < -0.4 is 0 Å². The van der Waals surface area contributed by atoms with Crippen molar-refractivity contribution in [3.63, 3.8) is 0 Å². The van der Waals surface area contributed by atoms with Crippen molar-refractivity contribution in [2.45, 2.75) is 11.8 Å². The van der Waals surface area contributed by atoms with Gasteiger partial charge in [0.2, 0.25) is 0 Å². The summed E-state index contributed by atoms with van der Waals surface area (Å²) in [6, 6.07) is 8.42. The molecular formula is C12H15NS. The zero-order chi connectivity index (χ0) is 10.4. The Labute approximate surface area is 90.5 Å². The van der Waals surface area contributed by atoms with Gasteiger partial charge >= 0.3 is 0 Å². The monoisotopic (exact) mass is 205 g/mol. The summed E-state index contributed by atoms with van der Waals surface area (Å²) in [5.41, 5.74) is 1.29. The van der Waals surface area contributed by atoms with Gasteiger partial charge in [-0.05, 0) is 50.2 Å². The number of hydrogen-bond acceptors (Lipinski definition) is 2. The van der Waals surface area contributed by atoms with Crippen molar-refractivity contribution >= 4 is 11.8 Å². The average Bonchev–Trinajstić information content (AvgIpc) is 2.15. The predicted molar refractivity (Wildman–Crippen MR) is 63.4 cm³/mol. The number of thioether (sulfide) groups is 1. The van der Waals surface area contributed by atoms with Gasteiger partial charge in [0.25, 0.3) is 0 Å². The van der Waals surface area contributed by atoms with Crippen LogP contribution >= 0.6 is 11.8 Å². The molecule has 0 atom stereocenters. The van der Waals surface area contributed by atoms with E-state index in [0.29, 0.717) is 0 Å². The molecule has 0 aliphatic carbocycles. The lowest BCUT2D eigenvalue weighted by Gasteiger charge is -2.00. The molecule has 1 aromatic carbocycles. The molecule has 0 aromatic heterocycles. The van der Waals surface area contributed by atoms with Crippen molar-refractivity contribution in [1.29, 1.82) is 0 Å². The van der Waals surface area contributed by atoms with E-state index in [-0.39, 0.29) is 0 Å². The van der Waals surface area contributed by atoms with E-state index in [1.807, 2.05) is 14.1 Å². The molecule has 0 fully saturated rings. The summed E-state index contributed by atoms with van der Waals surface area (Å²) in [4.78, 5) is 3.27. The van der Waals surface area contributed by atoms with Gasteiger partial charge in [-0.2, -0.15) is 0 Å². The molecule has 14 heavy (non-hydrogen) atoms. The first-order valence-corrected chi connectivity index (χ1v) is 5.36. The molecule has 74 valence electrons. The first kappa shape index (κ1) is 11.2. The molecule has 0 unspecified atom stereocenters. The maximum Gasteiger partial charge on any atom is 0.0605 e. The summed E-state index contributed by atoms with van der Waals surface area (Å²) < 4.78 is 0. The summed E-state index contributed by atoms with van der Waals surface area (Å²) in [7, 11) is 4.04. The van der Waals surface area contributed by atoms with E-state index in [2.05, 4.69) is 47.3 Å². The Morgan fingerprint density at radius 1 is 1.21 bits per heavy atom. The molecule has 0 saturated heterocycles. The summed E-state index contributed by atoms with van der Waals surface area (Å²) in [5.74, 6) is 3.09. The Balaban J connectivity index is 2.44. The lowest BCUT2D eigenvalue weighted by Crippen LogP contribution is -2.10. The smallest absolute Gasteiger partial charge is 0.0605 e. The molecular weight excluding hydrogens is 190 g/mol. The van der Waals surface area contributed by atoms with Gasteiger partial charge in [0.1, 0.15) is 0 Å². The number of rotatable bonds is 2. The molecule has 0 bridgehead atoms. The lowest BCUT2D eigenvalue weighted by molar-refractivity contribution is 0.464. The van der Waals surface area contributed by atoms with E-state index < -0.39 is 0 Å². The van der Waals surface area contributed by atoms with Gasteiger partial charge in [0, 0.05) is 4.90 Å². The van der Waals surface area contributed by atoms with Crippen LogP contribution in [0.25, 0.3) is 0 Å². The van der Waals surface area contributed by atoms with Gasteiger partial charge in [-0.25, -0.2) is 0 Å². The summed E-state index contributed by atoms with van der Waals surface area (Å²) >= 11 is 1.58. The quantitative estimate of drug-likeness (QED) is 0.539. The van der Waals surface area contributed by atoms with Crippen LogP contribution in [0, 0.1) is 18.1 Å². The first-order valence-electron chi connectivity index (χ1n) is 4.54. The Hall–Kier alpha value is -0.910. The van der Waals surface area contributed by atoms with Crippen molar-refractivity contribution in [1.82, 2.24) is 4.90 Å². The number of benzene rings is 1. The van der Waals surface area contributed by atoms with Crippen LogP contribution in [0.5, 0.6) is 0 Å². The zero-order valence-electron chi connectivity index (χ0n) is 8.87. The van der Waals surface area contributed by atoms with Crippen molar-refractivity contribution in [3.05, 3.63) is 29.8 Å². The molecule has 0 spiro atoms. The zero-order valence-corrected chi connectivity index (χ0v) is 9.69. The maximum absolute atomic E-state index is 3.09. The van der Waals surface area contributed by atoms with E-state index in [4.69, 9.17) is 0 Å². The largest absolute Gasteiger partial charge is 0.298 e. The van der Waals surface area contributed by atoms with Crippen LogP contribution in [0.1, 0.15) is 5.56 Å². The molecule has 2 heteroatoms. The Kier molecular flexibility index (Phi) is 4.58. The van der Waals surface area contributed by atoms with Gasteiger partial charge in [0.05, 0.1) is 6.54 Å². The molecule has 0 heterocycles. The van der Waals surface area contributed by atoms with E-state index in [9.17, 15) is 0 Å². The normalized spacial score (nSPS) is 9.71. The highest BCUT2D eigenvalue weighted by Gasteiger charge is 1.89. The third kappa shape index (κ3) is 4.36. The molecule has 1 aromatic rings. The number of aryl methyl sites for hydroxylation is 1. The van der Waals surface area contributed by atoms with Gasteiger partial charge < -0.3 is 0 Å². The van der Waals surface area contributed by atoms with E-state index in [1.54, 1.807) is 11.8 Å². The van der Waals surface area contributed by atoms with Gasteiger partial charge in [-0.15, -0.1) is 0 Å². The fourth-order valence-corrected chi connectivity index (χ4v) is 1.42. The minimum absolute atomic E-state index is 0.818. The molecule has 0 saturated carbocycles. The molecule has 0 aliphatic rings. The molecule has 1 nitrogen and oxygen atoms in total. The van der Waals surface area contributed by atoms with Gasteiger partial charge in [-0.1, -0.05) is 23.6 Å². The summed E-state index contributed by atoms with van der Waals surface area (Å²) in [6.45, 7) is 2.91. The van der Waals surface area contributed by atoms with Crippen LogP contribution in [0.15, 0.2) is 29.2 Å². The second kappa shape index (κ2) is 5.74. The Morgan fingerprint density at radius 3 is 2.43 bits per heavy atom. The van der Waals surface area contributed by atoms with Crippen molar-refractivity contribution < 1.29 is 0 Å². The van der Waals surface area contributed by atoms with E-state index >= 15 is 0 Å². The molecule has 1 rings (SSSR count). The Bertz CT molecular complexity index is 330. The second-order valence-corrected chi connectivity index (χ2v) is 4.31. The van der Waals surface area contributed by atoms with Crippen LogP contribution in [0.4, 0.5) is 0 Å². The van der Waals surface area contributed by atoms with Crippen LogP contribution in [-0.4, -0.2) is 25.5 Å². The maximum atomic E-state index is 3.09. The molecule has 0 aliphatic heterocycles. The van der Waals surface area contributed by atoms with E-state index in [0.717, 1.165) is 6.54 Å². The van der Waals surface area contributed by atoms with Crippen molar-refractivity contribution in [3.8, 4) is 11.2 Å². The highest BCUT2D eigenvalue weighted by Crippen LogP contribution is 2.16. The van der Waals surface area contributed by atoms with Crippen LogP contribution in [0.2, 0.25) is 0 Å². The second-order valence-electron chi connectivity index (χ2n) is 3.43. The third-order valence-corrected chi connectivity index (χ3v) is 2.41. The van der Waals surface area contributed by atoms with Crippen LogP contribution in [0.3, 0.4) is 0 Å². The molecule has 0 amide bonds. The van der Waals surface area contributed by atoms with Gasteiger partial charge in [0.15, 0.2) is 0 Å².